The number of nitrogens with one attached hydrogen (secondary N) is 1. The zero-order chi connectivity index (χ0) is 17.1. The Kier molecular flexibility index (Phi) is 4.24. The number of hydrogen-bond acceptors (Lipinski definition) is 4. The van der Waals surface area contributed by atoms with Crippen LogP contribution < -0.4 is 10.1 Å². The van der Waals surface area contributed by atoms with Gasteiger partial charge >= 0.3 is 0 Å². The Hall–Kier alpha value is -3.22. The summed E-state index contributed by atoms with van der Waals surface area (Å²) in [5, 5.41) is 6.82. The highest BCUT2D eigenvalue weighted by atomic mass is 19.1. The molecule has 0 saturated carbocycles. The number of benzene rings is 1. The molecule has 3 aromatic rings. The van der Waals surface area contributed by atoms with Gasteiger partial charge in [-0.15, -0.1) is 0 Å². The van der Waals surface area contributed by atoms with E-state index in [2.05, 4.69) is 15.4 Å². The number of halogens is 1. The van der Waals surface area contributed by atoms with Crippen LogP contribution in [-0.4, -0.2) is 20.7 Å². The molecule has 0 spiro atoms. The summed E-state index contributed by atoms with van der Waals surface area (Å²) in [5.74, 6) is 0.753. The van der Waals surface area contributed by atoms with Gasteiger partial charge in [0.05, 0.1) is 11.9 Å². The quantitative estimate of drug-likeness (QED) is 0.798. The number of nitrogens with zero attached hydrogens (tertiary/aromatic N) is 3. The number of ether oxygens (including phenoxy) is 1. The van der Waals surface area contributed by atoms with Crippen LogP contribution in [0.5, 0.6) is 11.5 Å². The monoisotopic (exact) mass is 326 g/mol. The minimum absolute atomic E-state index is 0.294. The molecule has 0 aliphatic heterocycles. The molecule has 1 amide bonds. The van der Waals surface area contributed by atoms with Gasteiger partial charge in [-0.25, -0.2) is 9.37 Å². The van der Waals surface area contributed by atoms with E-state index in [0.717, 1.165) is 5.69 Å². The molecule has 24 heavy (non-hydrogen) atoms. The molecule has 0 bridgehead atoms. The number of aromatic nitrogens is 3. The van der Waals surface area contributed by atoms with E-state index in [9.17, 15) is 9.18 Å². The van der Waals surface area contributed by atoms with Crippen molar-refractivity contribution < 1.29 is 13.9 Å². The van der Waals surface area contributed by atoms with Gasteiger partial charge in [-0.3, -0.25) is 9.48 Å². The topological polar surface area (TPSA) is 69.0 Å². The van der Waals surface area contributed by atoms with Crippen LogP contribution in [0, 0.1) is 12.7 Å². The average Bonchev–Trinajstić information content (AvgIpc) is 2.90. The molecule has 0 aliphatic carbocycles. The number of hydrogen-bond donors (Lipinski definition) is 1. The second-order valence-corrected chi connectivity index (χ2v) is 5.18. The SMILES string of the molecule is Cc1cc(C(=O)Nc2ccc(Oc3ccc(F)cc3)cn2)n(C)n1. The van der Waals surface area contributed by atoms with Crippen molar-refractivity contribution in [1.29, 1.82) is 0 Å². The van der Waals surface area contributed by atoms with Gasteiger partial charge in [-0.2, -0.15) is 5.10 Å². The van der Waals surface area contributed by atoms with Crippen molar-refractivity contribution in [1.82, 2.24) is 14.8 Å². The van der Waals surface area contributed by atoms with Gasteiger partial charge in [0.15, 0.2) is 0 Å². The lowest BCUT2D eigenvalue weighted by Gasteiger charge is -2.07. The molecule has 122 valence electrons. The van der Waals surface area contributed by atoms with Crippen LogP contribution >= 0.6 is 0 Å². The standard InChI is InChI=1S/C17H15FN4O2/c1-11-9-15(22(2)21-11)17(23)20-16-8-7-14(10-19-16)24-13-5-3-12(18)4-6-13/h3-10H,1-2H3,(H,19,20,23). The highest BCUT2D eigenvalue weighted by molar-refractivity contribution is 6.02. The van der Waals surface area contributed by atoms with Crippen LogP contribution in [0.1, 0.15) is 16.2 Å². The maximum Gasteiger partial charge on any atom is 0.275 e. The third-order valence-corrected chi connectivity index (χ3v) is 3.26. The van der Waals surface area contributed by atoms with Crippen molar-refractivity contribution in [3.05, 3.63) is 65.9 Å². The van der Waals surface area contributed by atoms with Crippen LogP contribution in [-0.2, 0) is 7.05 Å². The maximum absolute atomic E-state index is 12.9. The largest absolute Gasteiger partial charge is 0.456 e. The molecule has 7 heteroatoms. The number of amides is 1. The molecule has 0 saturated heterocycles. The van der Waals surface area contributed by atoms with Crippen molar-refractivity contribution in [3.8, 4) is 11.5 Å². The number of pyridine rings is 1. The first-order valence-electron chi connectivity index (χ1n) is 7.23. The maximum atomic E-state index is 12.9. The number of aryl methyl sites for hydroxylation is 2. The Bertz CT molecular complexity index is 857. The number of rotatable bonds is 4. The molecule has 0 unspecified atom stereocenters. The first kappa shape index (κ1) is 15.7. The molecule has 2 aromatic heterocycles. The van der Waals surface area contributed by atoms with E-state index in [-0.39, 0.29) is 11.7 Å². The van der Waals surface area contributed by atoms with Gasteiger partial charge in [0.1, 0.15) is 28.8 Å². The Balaban J connectivity index is 1.67. The van der Waals surface area contributed by atoms with Crippen molar-refractivity contribution in [2.45, 2.75) is 6.92 Å². The Morgan fingerprint density at radius 2 is 1.88 bits per heavy atom. The molecular weight excluding hydrogens is 311 g/mol. The predicted octanol–water partition coefficient (Wildman–Crippen LogP) is 3.31. The van der Waals surface area contributed by atoms with Crippen molar-refractivity contribution in [2.24, 2.45) is 7.05 Å². The van der Waals surface area contributed by atoms with Gasteiger partial charge in [-0.05, 0) is 49.4 Å². The first-order valence-corrected chi connectivity index (χ1v) is 7.23. The van der Waals surface area contributed by atoms with Crippen molar-refractivity contribution >= 4 is 11.7 Å². The third-order valence-electron chi connectivity index (χ3n) is 3.26. The van der Waals surface area contributed by atoms with E-state index in [1.165, 1.54) is 35.1 Å². The van der Waals surface area contributed by atoms with E-state index in [1.54, 1.807) is 25.2 Å². The second kappa shape index (κ2) is 6.49. The highest BCUT2D eigenvalue weighted by Gasteiger charge is 2.12. The summed E-state index contributed by atoms with van der Waals surface area (Å²) in [7, 11) is 1.70. The Morgan fingerprint density at radius 1 is 1.17 bits per heavy atom. The van der Waals surface area contributed by atoms with Crippen molar-refractivity contribution in [2.75, 3.05) is 5.32 Å². The highest BCUT2D eigenvalue weighted by Crippen LogP contribution is 2.21. The van der Waals surface area contributed by atoms with Crippen molar-refractivity contribution in [3.63, 3.8) is 0 Å². The summed E-state index contributed by atoms with van der Waals surface area (Å²) >= 11 is 0. The van der Waals surface area contributed by atoms with Gasteiger partial charge in [0.25, 0.3) is 5.91 Å². The van der Waals surface area contributed by atoms with E-state index in [4.69, 9.17) is 4.74 Å². The van der Waals surface area contributed by atoms with E-state index in [0.29, 0.717) is 23.0 Å². The summed E-state index contributed by atoms with van der Waals surface area (Å²) in [4.78, 5) is 16.3. The fraction of sp³-hybridized carbons (Fsp3) is 0.118. The zero-order valence-electron chi connectivity index (χ0n) is 13.2. The molecule has 1 N–H and O–H groups in total. The lowest BCUT2D eigenvalue weighted by molar-refractivity contribution is 0.101. The normalized spacial score (nSPS) is 10.5. The van der Waals surface area contributed by atoms with Crippen LogP contribution in [0.2, 0.25) is 0 Å². The van der Waals surface area contributed by atoms with E-state index < -0.39 is 0 Å². The van der Waals surface area contributed by atoms with Gasteiger partial charge in [0.2, 0.25) is 0 Å². The molecule has 2 heterocycles. The molecule has 0 atom stereocenters. The van der Waals surface area contributed by atoms with Gasteiger partial charge in [-0.1, -0.05) is 0 Å². The van der Waals surface area contributed by atoms with E-state index >= 15 is 0 Å². The van der Waals surface area contributed by atoms with Gasteiger partial charge in [0, 0.05) is 7.05 Å². The van der Waals surface area contributed by atoms with Gasteiger partial charge < -0.3 is 10.1 Å². The molecular formula is C17H15FN4O2. The molecule has 6 nitrogen and oxygen atoms in total. The fourth-order valence-electron chi connectivity index (χ4n) is 2.16. The number of anilines is 1. The minimum Gasteiger partial charge on any atom is -0.456 e. The minimum atomic E-state index is -0.330. The Morgan fingerprint density at radius 3 is 2.46 bits per heavy atom. The summed E-state index contributed by atoms with van der Waals surface area (Å²) in [6.45, 7) is 1.82. The summed E-state index contributed by atoms with van der Waals surface area (Å²) in [6, 6.07) is 10.7. The fourth-order valence-corrected chi connectivity index (χ4v) is 2.16. The molecule has 0 aliphatic rings. The van der Waals surface area contributed by atoms with Crippen LogP contribution in [0.4, 0.5) is 10.2 Å². The van der Waals surface area contributed by atoms with Crippen LogP contribution in [0.3, 0.4) is 0 Å². The van der Waals surface area contributed by atoms with Crippen LogP contribution in [0.15, 0.2) is 48.7 Å². The molecule has 0 radical (unpaired) electrons. The number of carbonyl (C=O) groups is 1. The number of carbonyl (C=O) groups excluding carboxylic acids is 1. The molecule has 1 aromatic carbocycles. The molecule has 0 fully saturated rings. The summed E-state index contributed by atoms with van der Waals surface area (Å²) in [5.41, 5.74) is 1.21. The second-order valence-electron chi connectivity index (χ2n) is 5.18. The Labute approximate surface area is 137 Å². The molecule has 3 rings (SSSR count). The average molecular weight is 326 g/mol. The van der Waals surface area contributed by atoms with E-state index in [1.807, 2.05) is 6.92 Å². The van der Waals surface area contributed by atoms with Crippen LogP contribution in [0.25, 0.3) is 0 Å². The summed E-state index contributed by atoms with van der Waals surface area (Å²) < 4.78 is 19.9. The zero-order valence-corrected chi connectivity index (χ0v) is 13.2. The summed E-state index contributed by atoms with van der Waals surface area (Å²) in [6.07, 6.45) is 1.48. The smallest absolute Gasteiger partial charge is 0.275 e. The lowest BCUT2D eigenvalue weighted by Crippen LogP contribution is -2.16. The predicted molar refractivity (Wildman–Crippen MR) is 86.6 cm³/mol. The third kappa shape index (κ3) is 3.57. The first-order chi connectivity index (χ1) is 11.5. The lowest BCUT2D eigenvalue weighted by atomic mass is 10.3.